The van der Waals surface area contributed by atoms with E-state index in [0.29, 0.717) is 6.04 Å². The zero-order chi connectivity index (χ0) is 11.8. The van der Waals surface area contributed by atoms with Gasteiger partial charge in [0.05, 0.1) is 6.04 Å². The molecule has 0 amide bonds. The Labute approximate surface area is 104 Å². The van der Waals surface area contributed by atoms with Crippen molar-refractivity contribution in [2.75, 3.05) is 13.6 Å². The molecule has 1 fully saturated rings. The van der Waals surface area contributed by atoms with Gasteiger partial charge >= 0.3 is 0 Å². The summed E-state index contributed by atoms with van der Waals surface area (Å²) in [4.78, 5) is 7.21. The van der Waals surface area contributed by atoms with Crippen LogP contribution < -0.4 is 0 Å². The first-order valence-electron chi connectivity index (χ1n) is 7.00. The van der Waals surface area contributed by atoms with Crippen LogP contribution in [0.3, 0.4) is 0 Å². The van der Waals surface area contributed by atoms with Gasteiger partial charge in [-0.25, -0.2) is 4.98 Å². The van der Waals surface area contributed by atoms with Crippen molar-refractivity contribution in [3.8, 4) is 0 Å². The number of fused-ring (bicyclic) bond motifs is 1. The maximum absolute atomic E-state index is 4.73. The highest BCUT2D eigenvalue weighted by Gasteiger charge is 2.27. The molecule has 94 valence electrons. The highest BCUT2D eigenvalue weighted by atomic mass is 15.2. The molecular formula is C14H23N3. The van der Waals surface area contributed by atoms with E-state index in [-0.39, 0.29) is 0 Å². The van der Waals surface area contributed by atoms with E-state index in [1.165, 1.54) is 56.7 Å². The quantitative estimate of drug-likeness (QED) is 0.743. The fraction of sp³-hybridized carbons (Fsp3) is 0.786. The van der Waals surface area contributed by atoms with Crippen LogP contribution in [-0.2, 0) is 13.0 Å². The molecule has 2 atom stereocenters. The van der Waals surface area contributed by atoms with Crippen LogP contribution in [0, 0.1) is 5.92 Å². The van der Waals surface area contributed by atoms with Gasteiger partial charge < -0.3 is 4.57 Å². The van der Waals surface area contributed by atoms with Crippen molar-refractivity contribution >= 4 is 0 Å². The second-order valence-corrected chi connectivity index (χ2v) is 5.85. The van der Waals surface area contributed by atoms with Crippen molar-refractivity contribution in [3.05, 3.63) is 17.7 Å². The number of hydrogen-bond donors (Lipinski definition) is 0. The van der Waals surface area contributed by atoms with Crippen LogP contribution in [0.25, 0.3) is 0 Å². The van der Waals surface area contributed by atoms with Gasteiger partial charge in [-0.05, 0) is 45.2 Å². The molecule has 3 heterocycles. The minimum absolute atomic E-state index is 0.561. The smallest absolute Gasteiger partial charge is 0.126 e. The van der Waals surface area contributed by atoms with Gasteiger partial charge in [-0.3, -0.25) is 4.90 Å². The third kappa shape index (κ3) is 2.01. The largest absolute Gasteiger partial charge is 0.331 e. The molecule has 0 saturated carbocycles. The molecule has 0 spiro atoms. The average Bonchev–Trinajstić information content (AvgIpc) is 2.72. The molecule has 0 bridgehead atoms. The molecule has 3 heteroatoms. The van der Waals surface area contributed by atoms with Gasteiger partial charge in [-0.2, -0.15) is 0 Å². The first-order chi connectivity index (χ1) is 8.25. The lowest BCUT2D eigenvalue weighted by Gasteiger charge is -2.33. The molecular weight excluding hydrogens is 210 g/mol. The number of piperidine rings is 1. The van der Waals surface area contributed by atoms with E-state index < -0.39 is 0 Å². The third-order valence-electron chi connectivity index (χ3n) is 4.44. The van der Waals surface area contributed by atoms with Crippen molar-refractivity contribution < 1.29 is 0 Å². The van der Waals surface area contributed by atoms with Crippen molar-refractivity contribution in [1.29, 1.82) is 0 Å². The van der Waals surface area contributed by atoms with E-state index in [2.05, 4.69) is 29.6 Å². The lowest BCUT2D eigenvalue weighted by molar-refractivity contribution is 0.173. The van der Waals surface area contributed by atoms with Gasteiger partial charge in [0, 0.05) is 18.4 Å². The van der Waals surface area contributed by atoms with Crippen LogP contribution in [0.2, 0.25) is 0 Å². The number of imidazole rings is 1. The van der Waals surface area contributed by atoms with Crippen LogP contribution in [0.4, 0.5) is 0 Å². The molecule has 3 rings (SSSR count). The molecule has 3 nitrogen and oxygen atoms in total. The van der Waals surface area contributed by atoms with Crippen LogP contribution in [0.15, 0.2) is 6.20 Å². The summed E-state index contributed by atoms with van der Waals surface area (Å²) in [7, 11) is 2.25. The predicted octanol–water partition coefficient (Wildman–Crippen LogP) is 2.62. The summed E-state index contributed by atoms with van der Waals surface area (Å²) >= 11 is 0. The molecule has 0 N–H and O–H groups in total. The first kappa shape index (κ1) is 11.3. The lowest BCUT2D eigenvalue weighted by atomic mass is 9.97. The lowest BCUT2D eigenvalue weighted by Crippen LogP contribution is -2.32. The summed E-state index contributed by atoms with van der Waals surface area (Å²) in [5.41, 5.74) is 1.46. The molecule has 2 unspecified atom stereocenters. The minimum atomic E-state index is 0.561. The van der Waals surface area contributed by atoms with E-state index in [9.17, 15) is 0 Å². The van der Waals surface area contributed by atoms with Gasteiger partial charge in [-0.15, -0.1) is 0 Å². The van der Waals surface area contributed by atoms with Crippen molar-refractivity contribution in [2.45, 2.75) is 51.6 Å². The van der Waals surface area contributed by atoms with Gasteiger partial charge in [0.1, 0.15) is 5.82 Å². The van der Waals surface area contributed by atoms with Crippen molar-refractivity contribution in [3.63, 3.8) is 0 Å². The molecule has 2 aliphatic heterocycles. The first-order valence-corrected chi connectivity index (χ1v) is 7.00. The van der Waals surface area contributed by atoms with Crippen LogP contribution in [0.1, 0.15) is 50.2 Å². The molecule has 1 aromatic heterocycles. The molecule has 1 aromatic rings. The highest BCUT2D eigenvalue weighted by molar-refractivity contribution is 5.12. The number of likely N-dealkylation sites (tertiary alicyclic amines) is 1. The van der Waals surface area contributed by atoms with Gasteiger partial charge in [0.25, 0.3) is 0 Å². The Bertz CT molecular complexity index is 396. The van der Waals surface area contributed by atoms with Gasteiger partial charge in [0.2, 0.25) is 0 Å². The summed E-state index contributed by atoms with van der Waals surface area (Å²) in [6, 6.07) is 0.561. The number of aromatic nitrogens is 2. The fourth-order valence-corrected chi connectivity index (χ4v) is 3.32. The second kappa shape index (κ2) is 4.45. The summed E-state index contributed by atoms with van der Waals surface area (Å²) in [5, 5.41) is 0. The van der Waals surface area contributed by atoms with Crippen molar-refractivity contribution in [1.82, 2.24) is 14.5 Å². The predicted molar refractivity (Wildman–Crippen MR) is 68.9 cm³/mol. The summed E-state index contributed by atoms with van der Waals surface area (Å²) < 4.78 is 2.49. The van der Waals surface area contributed by atoms with Gasteiger partial charge in [-0.1, -0.05) is 13.3 Å². The Hall–Kier alpha value is -0.830. The fourth-order valence-electron chi connectivity index (χ4n) is 3.32. The van der Waals surface area contributed by atoms with E-state index in [1.807, 2.05) is 0 Å². The van der Waals surface area contributed by atoms with E-state index >= 15 is 0 Å². The molecule has 2 aliphatic rings. The molecule has 1 saturated heterocycles. The Morgan fingerprint density at radius 2 is 2.12 bits per heavy atom. The maximum atomic E-state index is 4.73. The van der Waals surface area contributed by atoms with E-state index in [1.54, 1.807) is 0 Å². The normalized spacial score (nSPS) is 30.2. The summed E-state index contributed by atoms with van der Waals surface area (Å²) in [6.45, 7) is 4.75. The Morgan fingerprint density at radius 1 is 1.24 bits per heavy atom. The average molecular weight is 233 g/mol. The zero-order valence-corrected chi connectivity index (χ0v) is 11.0. The molecule has 17 heavy (non-hydrogen) atoms. The van der Waals surface area contributed by atoms with Crippen LogP contribution >= 0.6 is 0 Å². The molecule has 0 radical (unpaired) electrons. The number of rotatable bonds is 1. The van der Waals surface area contributed by atoms with Crippen LogP contribution in [0.5, 0.6) is 0 Å². The van der Waals surface area contributed by atoms with E-state index in [0.717, 1.165) is 5.92 Å². The summed E-state index contributed by atoms with van der Waals surface area (Å²) in [5.74, 6) is 2.16. The van der Waals surface area contributed by atoms with Crippen LogP contribution in [-0.4, -0.2) is 28.0 Å². The summed E-state index contributed by atoms with van der Waals surface area (Å²) in [6.07, 6.45) is 8.62. The standard InChI is InChI=1S/C14H23N3/c1-11-6-8-17-12(9-11)10-15-14(17)13-5-3-4-7-16(13)2/h10-11,13H,3-9H2,1-2H3. The Kier molecular flexibility index (Phi) is 2.95. The Morgan fingerprint density at radius 3 is 2.94 bits per heavy atom. The third-order valence-corrected chi connectivity index (χ3v) is 4.44. The zero-order valence-electron chi connectivity index (χ0n) is 11.0. The highest BCUT2D eigenvalue weighted by Crippen LogP contribution is 2.31. The molecule has 0 aliphatic carbocycles. The maximum Gasteiger partial charge on any atom is 0.126 e. The van der Waals surface area contributed by atoms with Gasteiger partial charge in [0.15, 0.2) is 0 Å². The Balaban J connectivity index is 1.88. The topological polar surface area (TPSA) is 21.1 Å². The second-order valence-electron chi connectivity index (χ2n) is 5.85. The number of nitrogens with zero attached hydrogens (tertiary/aromatic N) is 3. The number of hydrogen-bond acceptors (Lipinski definition) is 2. The minimum Gasteiger partial charge on any atom is -0.331 e. The van der Waals surface area contributed by atoms with E-state index in [4.69, 9.17) is 4.98 Å². The SMILES string of the molecule is CC1CCn2c(cnc2C2CCCCN2C)C1. The molecule has 0 aromatic carbocycles. The van der Waals surface area contributed by atoms with Crippen molar-refractivity contribution in [2.24, 2.45) is 5.92 Å². The monoisotopic (exact) mass is 233 g/mol.